The van der Waals surface area contributed by atoms with E-state index in [1.807, 2.05) is 18.2 Å². The van der Waals surface area contributed by atoms with Crippen molar-refractivity contribution in [3.8, 4) is 11.5 Å². The molecule has 1 aromatic carbocycles. The molecule has 1 N–H and O–H groups in total. The lowest BCUT2D eigenvalue weighted by Crippen LogP contribution is -2.35. The van der Waals surface area contributed by atoms with E-state index in [0.717, 1.165) is 10.6 Å². The lowest BCUT2D eigenvalue weighted by Gasteiger charge is -2.18. The highest BCUT2D eigenvalue weighted by Crippen LogP contribution is 2.34. The molecular formula is C13H14N2O4S. The van der Waals surface area contributed by atoms with Gasteiger partial charge in [-0.15, -0.1) is 11.8 Å². The fraction of sp³-hybridized carbons (Fsp3) is 0.385. The third-order valence-corrected chi connectivity index (χ3v) is 4.01. The number of nitrogens with zero attached hydrogens (tertiary/aromatic N) is 1. The lowest BCUT2D eigenvalue weighted by molar-refractivity contribution is -0.124. The van der Waals surface area contributed by atoms with E-state index in [0.29, 0.717) is 32.1 Å². The van der Waals surface area contributed by atoms with Crippen LogP contribution in [0.4, 0.5) is 4.79 Å². The Bertz CT molecular complexity index is 549. The van der Waals surface area contributed by atoms with Gasteiger partial charge in [0.2, 0.25) is 5.91 Å². The SMILES string of the molecule is O=C(CSc1ccc2c(c1)OCCO2)N1CCNC1=O. The first kappa shape index (κ1) is 13.1. The molecular weight excluding hydrogens is 280 g/mol. The van der Waals surface area contributed by atoms with Gasteiger partial charge in [0.25, 0.3) is 0 Å². The number of hydrogen-bond donors (Lipinski definition) is 1. The molecule has 106 valence electrons. The number of rotatable bonds is 3. The molecule has 2 heterocycles. The molecule has 0 bridgehead atoms. The average molecular weight is 294 g/mol. The molecule has 7 heteroatoms. The maximum atomic E-state index is 11.9. The molecule has 3 amide bonds. The maximum absolute atomic E-state index is 11.9. The van der Waals surface area contributed by atoms with Crippen molar-refractivity contribution >= 4 is 23.7 Å². The van der Waals surface area contributed by atoms with Crippen molar-refractivity contribution in [2.45, 2.75) is 4.90 Å². The van der Waals surface area contributed by atoms with Gasteiger partial charge in [0.05, 0.1) is 5.75 Å². The topological polar surface area (TPSA) is 67.9 Å². The molecule has 0 aromatic heterocycles. The van der Waals surface area contributed by atoms with Gasteiger partial charge in [0.1, 0.15) is 13.2 Å². The first-order valence-electron chi connectivity index (χ1n) is 6.35. The normalized spacial score (nSPS) is 17.0. The molecule has 2 aliphatic heterocycles. The fourth-order valence-corrected chi connectivity index (χ4v) is 2.85. The number of urea groups is 1. The van der Waals surface area contributed by atoms with Crippen molar-refractivity contribution in [2.75, 3.05) is 32.1 Å². The highest BCUT2D eigenvalue weighted by atomic mass is 32.2. The van der Waals surface area contributed by atoms with Crippen LogP contribution in [0.2, 0.25) is 0 Å². The number of thioether (sulfide) groups is 1. The van der Waals surface area contributed by atoms with Gasteiger partial charge in [0.15, 0.2) is 11.5 Å². The summed E-state index contributed by atoms with van der Waals surface area (Å²) in [4.78, 5) is 25.4. The van der Waals surface area contributed by atoms with Crippen LogP contribution in [0.25, 0.3) is 0 Å². The molecule has 0 radical (unpaired) electrons. The highest BCUT2D eigenvalue weighted by molar-refractivity contribution is 8.00. The number of fused-ring (bicyclic) bond motifs is 1. The Morgan fingerprint density at radius 3 is 2.85 bits per heavy atom. The van der Waals surface area contributed by atoms with Crippen LogP contribution in [0.3, 0.4) is 0 Å². The van der Waals surface area contributed by atoms with E-state index in [1.165, 1.54) is 16.7 Å². The van der Waals surface area contributed by atoms with Gasteiger partial charge < -0.3 is 14.8 Å². The van der Waals surface area contributed by atoms with E-state index in [9.17, 15) is 9.59 Å². The second-order valence-electron chi connectivity index (χ2n) is 4.37. The largest absolute Gasteiger partial charge is 0.486 e. The molecule has 20 heavy (non-hydrogen) atoms. The van der Waals surface area contributed by atoms with Gasteiger partial charge in [-0.3, -0.25) is 9.69 Å². The number of nitrogens with one attached hydrogen (secondary N) is 1. The first-order valence-corrected chi connectivity index (χ1v) is 7.33. The zero-order chi connectivity index (χ0) is 13.9. The number of hydrogen-bond acceptors (Lipinski definition) is 5. The zero-order valence-corrected chi connectivity index (χ0v) is 11.6. The molecule has 3 rings (SSSR count). The van der Waals surface area contributed by atoms with Crippen molar-refractivity contribution < 1.29 is 19.1 Å². The van der Waals surface area contributed by atoms with Crippen LogP contribution in [-0.4, -0.2) is 48.9 Å². The number of ether oxygens (including phenoxy) is 2. The van der Waals surface area contributed by atoms with E-state index in [2.05, 4.69) is 5.32 Å². The standard InChI is InChI=1S/C13H14N2O4S/c16-12(15-4-3-14-13(15)17)8-20-9-1-2-10-11(7-9)19-6-5-18-10/h1-2,7H,3-6,8H2,(H,14,17). The first-order chi connectivity index (χ1) is 9.74. The molecule has 0 aliphatic carbocycles. The minimum absolute atomic E-state index is 0.181. The van der Waals surface area contributed by atoms with Crippen LogP contribution in [0, 0.1) is 0 Å². The molecule has 1 fully saturated rings. The van der Waals surface area contributed by atoms with Crippen LogP contribution >= 0.6 is 11.8 Å². The summed E-state index contributed by atoms with van der Waals surface area (Å²) >= 11 is 1.38. The third kappa shape index (κ3) is 2.67. The fourth-order valence-electron chi connectivity index (χ4n) is 2.05. The predicted octanol–water partition coefficient (Wildman–Crippen LogP) is 1.10. The number of benzene rings is 1. The molecule has 1 saturated heterocycles. The summed E-state index contributed by atoms with van der Waals surface area (Å²) in [6.45, 7) is 2.06. The predicted molar refractivity (Wildman–Crippen MR) is 73.3 cm³/mol. The van der Waals surface area contributed by atoms with Crippen molar-refractivity contribution in [2.24, 2.45) is 0 Å². The summed E-state index contributed by atoms with van der Waals surface area (Å²) in [5, 5.41) is 2.61. The lowest BCUT2D eigenvalue weighted by atomic mass is 10.3. The van der Waals surface area contributed by atoms with Crippen molar-refractivity contribution in [1.29, 1.82) is 0 Å². The Kier molecular flexibility index (Phi) is 3.68. The Morgan fingerprint density at radius 1 is 1.30 bits per heavy atom. The van der Waals surface area contributed by atoms with Crippen LogP contribution in [-0.2, 0) is 4.79 Å². The average Bonchev–Trinajstić information content (AvgIpc) is 2.91. The number of carbonyl (C=O) groups excluding carboxylic acids is 2. The minimum Gasteiger partial charge on any atom is -0.486 e. The van der Waals surface area contributed by atoms with E-state index >= 15 is 0 Å². The summed E-state index contributed by atoms with van der Waals surface area (Å²) in [7, 11) is 0. The molecule has 0 spiro atoms. The Labute approximate surface area is 120 Å². The minimum atomic E-state index is -0.308. The molecule has 6 nitrogen and oxygen atoms in total. The Hall–Kier alpha value is -1.89. The Morgan fingerprint density at radius 2 is 2.10 bits per heavy atom. The second-order valence-corrected chi connectivity index (χ2v) is 5.42. The van der Waals surface area contributed by atoms with Crippen molar-refractivity contribution in [3.63, 3.8) is 0 Å². The monoisotopic (exact) mass is 294 g/mol. The zero-order valence-electron chi connectivity index (χ0n) is 10.8. The summed E-state index contributed by atoms with van der Waals surface area (Å²) < 4.78 is 10.9. The van der Waals surface area contributed by atoms with Crippen LogP contribution in [0.5, 0.6) is 11.5 Å². The third-order valence-electron chi connectivity index (χ3n) is 3.03. The van der Waals surface area contributed by atoms with E-state index < -0.39 is 0 Å². The van der Waals surface area contributed by atoms with Crippen LogP contribution in [0.1, 0.15) is 0 Å². The van der Waals surface area contributed by atoms with E-state index in [1.54, 1.807) is 0 Å². The highest BCUT2D eigenvalue weighted by Gasteiger charge is 2.25. The molecule has 0 unspecified atom stereocenters. The quantitative estimate of drug-likeness (QED) is 0.846. The van der Waals surface area contributed by atoms with Crippen molar-refractivity contribution in [1.82, 2.24) is 10.2 Å². The number of amides is 3. The molecule has 1 aromatic rings. The molecule has 0 atom stereocenters. The molecule has 2 aliphatic rings. The summed E-state index contributed by atoms with van der Waals surface area (Å²) in [6.07, 6.45) is 0. The van der Waals surface area contributed by atoms with Crippen molar-refractivity contribution in [3.05, 3.63) is 18.2 Å². The van der Waals surface area contributed by atoms with Crippen LogP contribution in [0.15, 0.2) is 23.1 Å². The summed E-state index contributed by atoms with van der Waals surface area (Å²) in [6, 6.07) is 5.27. The summed E-state index contributed by atoms with van der Waals surface area (Å²) in [5.74, 6) is 1.48. The van der Waals surface area contributed by atoms with Gasteiger partial charge >= 0.3 is 6.03 Å². The van der Waals surface area contributed by atoms with Crippen LogP contribution < -0.4 is 14.8 Å². The van der Waals surface area contributed by atoms with Gasteiger partial charge in [-0.05, 0) is 18.2 Å². The maximum Gasteiger partial charge on any atom is 0.324 e. The smallest absolute Gasteiger partial charge is 0.324 e. The van der Waals surface area contributed by atoms with Gasteiger partial charge in [-0.1, -0.05) is 0 Å². The van der Waals surface area contributed by atoms with Gasteiger partial charge in [-0.2, -0.15) is 0 Å². The number of carbonyl (C=O) groups is 2. The summed E-state index contributed by atoms with van der Waals surface area (Å²) in [5.41, 5.74) is 0. The van der Waals surface area contributed by atoms with Gasteiger partial charge in [-0.25, -0.2) is 4.79 Å². The second kappa shape index (κ2) is 5.62. The van der Waals surface area contributed by atoms with E-state index in [4.69, 9.17) is 9.47 Å². The Balaban J connectivity index is 1.61. The van der Waals surface area contributed by atoms with Gasteiger partial charge in [0, 0.05) is 18.0 Å². The van der Waals surface area contributed by atoms with E-state index in [-0.39, 0.29) is 17.7 Å². The number of imide groups is 1. The molecule has 0 saturated carbocycles.